The van der Waals surface area contributed by atoms with Gasteiger partial charge in [0, 0.05) is 6.08 Å². The van der Waals surface area contributed by atoms with Gasteiger partial charge >= 0.3 is 5.97 Å². The number of hydrogen-bond donors (Lipinski definition) is 3. The zero-order chi connectivity index (χ0) is 12.8. The van der Waals surface area contributed by atoms with Gasteiger partial charge in [-0.1, -0.05) is 12.1 Å². The van der Waals surface area contributed by atoms with Gasteiger partial charge in [0.25, 0.3) is 0 Å². The SMILES string of the molecule is COc1ccc(C(O)C(O)/C=C/C(=O)O)cc1. The highest BCUT2D eigenvalue weighted by Gasteiger charge is 2.15. The Bertz CT molecular complexity index is 396. The Hall–Kier alpha value is -1.85. The van der Waals surface area contributed by atoms with Crippen molar-refractivity contribution in [2.24, 2.45) is 0 Å². The molecule has 5 nitrogen and oxygen atoms in total. The highest BCUT2D eigenvalue weighted by atomic mass is 16.5. The van der Waals surface area contributed by atoms with Crippen molar-refractivity contribution in [1.82, 2.24) is 0 Å². The summed E-state index contributed by atoms with van der Waals surface area (Å²) in [5, 5.41) is 27.6. The van der Waals surface area contributed by atoms with Crippen molar-refractivity contribution in [3.05, 3.63) is 42.0 Å². The molecule has 5 heteroatoms. The number of aliphatic hydroxyl groups is 2. The number of hydrogen-bond acceptors (Lipinski definition) is 4. The Balaban J connectivity index is 2.73. The topological polar surface area (TPSA) is 87.0 Å². The molecule has 1 aromatic carbocycles. The van der Waals surface area contributed by atoms with E-state index in [9.17, 15) is 15.0 Å². The number of carboxylic acids is 1. The molecule has 0 radical (unpaired) electrons. The molecule has 0 aliphatic heterocycles. The van der Waals surface area contributed by atoms with Crippen LogP contribution in [0, 0.1) is 0 Å². The van der Waals surface area contributed by atoms with E-state index in [0.29, 0.717) is 11.3 Å². The summed E-state index contributed by atoms with van der Waals surface area (Å²) < 4.78 is 4.95. The average molecular weight is 238 g/mol. The number of aliphatic carboxylic acids is 1. The van der Waals surface area contributed by atoms with Crippen molar-refractivity contribution in [2.45, 2.75) is 12.2 Å². The number of ether oxygens (including phenoxy) is 1. The Labute approximate surface area is 98.6 Å². The lowest BCUT2D eigenvalue weighted by molar-refractivity contribution is -0.131. The standard InChI is InChI=1S/C12H14O5/c1-17-9-4-2-8(3-5-9)12(16)10(13)6-7-11(14)15/h2-7,10,12-13,16H,1H3,(H,14,15)/b7-6+. The number of carbonyl (C=O) groups is 1. The predicted octanol–water partition coefficient (Wildman–Crippen LogP) is 0.730. The molecule has 0 aromatic heterocycles. The van der Waals surface area contributed by atoms with Crippen LogP contribution in [-0.4, -0.2) is 34.5 Å². The number of rotatable bonds is 5. The van der Waals surface area contributed by atoms with E-state index in [1.54, 1.807) is 24.3 Å². The zero-order valence-electron chi connectivity index (χ0n) is 9.28. The summed E-state index contributed by atoms with van der Waals surface area (Å²) in [5.74, 6) is -0.539. The first kappa shape index (κ1) is 13.2. The molecular weight excluding hydrogens is 224 g/mol. The van der Waals surface area contributed by atoms with Gasteiger partial charge < -0.3 is 20.1 Å². The van der Waals surface area contributed by atoms with E-state index in [1.165, 1.54) is 7.11 Å². The lowest BCUT2D eigenvalue weighted by atomic mass is 10.0. The maximum atomic E-state index is 10.3. The molecule has 1 rings (SSSR count). The maximum absolute atomic E-state index is 10.3. The highest BCUT2D eigenvalue weighted by Crippen LogP contribution is 2.20. The Morgan fingerprint density at radius 1 is 1.29 bits per heavy atom. The lowest BCUT2D eigenvalue weighted by Crippen LogP contribution is -2.15. The van der Waals surface area contributed by atoms with Crippen molar-refractivity contribution in [2.75, 3.05) is 7.11 Å². The summed E-state index contributed by atoms with van der Waals surface area (Å²) in [6, 6.07) is 6.49. The second-order valence-electron chi connectivity index (χ2n) is 3.41. The molecule has 1 aromatic rings. The van der Waals surface area contributed by atoms with Gasteiger partial charge in [-0.3, -0.25) is 0 Å². The van der Waals surface area contributed by atoms with Crippen LogP contribution in [0.1, 0.15) is 11.7 Å². The van der Waals surface area contributed by atoms with Gasteiger partial charge in [0.1, 0.15) is 18.0 Å². The number of benzene rings is 1. The number of methoxy groups -OCH3 is 1. The van der Waals surface area contributed by atoms with Crippen LogP contribution in [0.2, 0.25) is 0 Å². The van der Waals surface area contributed by atoms with Crippen molar-refractivity contribution in [3.63, 3.8) is 0 Å². The van der Waals surface area contributed by atoms with E-state index in [-0.39, 0.29) is 0 Å². The molecule has 17 heavy (non-hydrogen) atoms. The molecule has 0 spiro atoms. The molecule has 3 N–H and O–H groups in total. The van der Waals surface area contributed by atoms with E-state index in [0.717, 1.165) is 12.2 Å². The van der Waals surface area contributed by atoms with E-state index in [1.807, 2.05) is 0 Å². The lowest BCUT2D eigenvalue weighted by Gasteiger charge is -2.15. The van der Waals surface area contributed by atoms with Gasteiger partial charge in [-0.05, 0) is 23.8 Å². The minimum absolute atomic E-state index is 0.480. The third kappa shape index (κ3) is 3.90. The predicted molar refractivity (Wildman–Crippen MR) is 60.7 cm³/mol. The fraction of sp³-hybridized carbons (Fsp3) is 0.250. The first-order valence-electron chi connectivity index (χ1n) is 4.96. The molecule has 0 heterocycles. The molecule has 0 fully saturated rings. The fourth-order valence-corrected chi connectivity index (χ4v) is 1.28. The molecule has 2 unspecified atom stereocenters. The van der Waals surface area contributed by atoms with Crippen molar-refractivity contribution >= 4 is 5.97 Å². The molecule has 0 bridgehead atoms. The maximum Gasteiger partial charge on any atom is 0.328 e. The van der Waals surface area contributed by atoms with Crippen LogP contribution in [0.3, 0.4) is 0 Å². The zero-order valence-corrected chi connectivity index (χ0v) is 9.28. The fourth-order valence-electron chi connectivity index (χ4n) is 1.28. The summed E-state index contributed by atoms with van der Waals surface area (Å²) >= 11 is 0. The Kier molecular flexibility index (Phi) is 4.68. The molecule has 0 saturated carbocycles. The molecular formula is C12H14O5. The second-order valence-corrected chi connectivity index (χ2v) is 3.41. The Morgan fingerprint density at radius 2 is 1.88 bits per heavy atom. The van der Waals surface area contributed by atoms with Gasteiger partial charge in [-0.2, -0.15) is 0 Å². The van der Waals surface area contributed by atoms with Gasteiger partial charge in [0.2, 0.25) is 0 Å². The van der Waals surface area contributed by atoms with E-state index < -0.39 is 18.2 Å². The van der Waals surface area contributed by atoms with Crippen molar-refractivity contribution in [1.29, 1.82) is 0 Å². The summed E-state index contributed by atoms with van der Waals surface area (Å²) in [5.41, 5.74) is 0.480. The third-order valence-corrected chi connectivity index (χ3v) is 2.22. The van der Waals surface area contributed by atoms with Gasteiger partial charge in [0.05, 0.1) is 7.11 Å². The van der Waals surface area contributed by atoms with Crippen LogP contribution in [-0.2, 0) is 4.79 Å². The first-order chi connectivity index (χ1) is 8.04. The summed E-state index contributed by atoms with van der Waals surface area (Å²) in [6.07, 6.45) is -0.620. The normalized spacial score (nSPS) is 14.5. The summed E-state index contributed by atoms with van der Waals surface area (Å²) in [7, 11) is 1.52. The van der Waals surface area contributed by atoms with Crippen LogP contribution >= 0.6 is 0 Å². The first-order valence-corrected chi connectivity index (χ1v) is 4.96. The Morgan fingerprint density at radius 3 is 2.35 bits per heavy atom. The molecule has 2 atom stereocenters. The highest BCUT2D eigenvalue weighted by molar-refractivity contribution is 5.79. The summed E-state index contributed by atoms with van der Waals surface area (Å²) in [6.45, 7) is 0. The van der Waals surface area contributed by atoms with E-state index in [4.69, 9.17) is 9.84 Å². The second kappa shape index (κ2) is 6.03. The molecule has 0 aliphatic carbocycles. The summed E-state index contributed by atoms with van der Waals surface area (Å²) in [4.78, 5) is 10.3. The van der Waals surface area contributed by atoms with Gasteiger partial charge in [-0.15, -0.1) is 0 Å². The van der Waals surface area contributed by atoms with Crippen LogP contribution < -0.4 is 4.74 Å². The minimum Gasteiger partial charge on any atom is -0.497 e. The smallest absolute Gasteiger partial charge is 0.328 e. The monoisotopic (exact) mass is 238 g/mol. The molecule has 0 amide bonds. The van der Waals surface area contributed by atoms with Crippen LogP contribution in [0.25, 0.3) is 0 Å². The van der Waals surface area contributed by atoms with Crippen molar-refractivity contribution in [3.8, 4) is 5.75 Å². The number of aliphatic hydroxyl groups excluding tert-OH is 2. The van der Waals surface area contributed by atoms with Crippen molar-refractivity contribution < 1.29 is 24.9 Å². The molecule has 0 saturated heterocycles. The van der Waals surface area contributed by atoms with Crippen LogP contribution in [0.15, 0.2) is 36.4 Å². The third-order valence-electron chi connectivity index (χ3n) is 2.22. The van der Waals surface area contributed by atoms with Crippen LogP contribution in [0.5, 0.6) is 5.75 Å². The van der Waals surface area contributed by atoms with Crippen LogP contribution in [0.4, 0.5) is 0 Å². The van der Waals surface area contributed by atoms with E-state index >= 15 is 0 Å². The average Bonchev–Trinajstić information content (AvgIpc) is 2.35. The quantitative estimate of drug-likeness (QED) is 0.658. The molecule has 92 valence electrons. The molecule has 0 aliphatic rings. The number of carboxylic acid groups (broad SMARTS) is 1. The minimum atomic E-state index is -1.26. The largest absolute Gasteiger partial charge is 0.497 e. The van der Waals surface area contributed by atoms with Gasteiger partial charge in [0.15, 0.2) is 0 Å². The van der Waals surface area contributed by atoms with Gasteiger partial charge in [-0.25, -0.2) is 4.79 Å². The van der Waals surface area contributed by atoms with E-state index in [2.05, 4.69) is 0 Å².